The summed E-state index contributed by atoms with van der Waals surface area (Å²) in [5.41, 5.74) is 0.826. The van der Waals surface area contributed by atoms with Crippen molar-refractivity contribution in [3.8, 4) is 0 Å². The van der Waals surface area contributed by atoms with E-state index < -0.39 is 5.92 Å². The predicted octanol–water partition coefficient (Wildman–Crippen LogP) is 2.10. The molecule has 5 heteroatoms. The number of hydrogen-bond acceptors (Lipinski definition) is 2. The Balaban J connectivity index is 2.07. The van der Waals surface area contributed by atoms with E-state index in [4.69, 9.17) is 0 Å². The largest absolute Gasteiger partial charge is 0.352 e. The highest BCUT2D eigenvalue weighted by Crippen LogP contribution is 2.26. The first kappa shape index (κ1) is 13.8. The summed E-state index contributed by atoms with van der Waals surface area (Å²) in [5.74, 6) is -0.933. The zero-order valence-electron chi connectivity index (χ0n) is 10.4. The van der Waals surface area contributed by atoms with Crippen molar-refractivity contribution in [1.82, 2.24) is 5.32 Å². The minimum Gasteiger partial charge on any atom is -0.352 e. The fourth-order valence-electron chi connectivity index (χ4n) is 2.10. The van der Waals surface area contributed by atoms with Crippen molar-refractivity contribution < 1.29 is 9.59 Å². The number of nitrogens with zero attached hydrogens (tertiary/aromatic N) is 1. The molecule has 1 fully saturated rings. The Morgan fingerprint density at radius 3 is 2.79 bits per heavy atom. The Bertz CT molecular complexity index is 499. The minimum absolute atomic E-state index is 0.135. The highest BCUT2D eigenvalue weighted by atomic mass is 79.9. The highest BCUT2D eigenvalue weighted by Gasteiger charge is 2.37. The lowest BCUT2D eigenvalue weighted by Crippen LogP contribution is -2.36. The first-order valence-electron chi connectivity index (χ1n) is 6.09. The molecule has 1 heterocycles. The molecule has 0 bridgehead atoms. The van der Waals surface area contributed by atoms with Crippen LogP contribution in [0.15, 0.2) is 41.4 Å². The van der Waals surface area contributed by atoms with Crippen LogP contribution in [-0.4, -0.2) is 24.9 Å². The Morgan fingerprint density at radius 2 is 2.16 bits per heavy atom. The molecule has 4 nitrogen and oxygen atoms in total. The van der Waals surface area contributed by atoms with Crippen LogP contribution in [0.3, 0.4) is 0 Å². The topological polar surface area (TPSA) is 49.4 Å². The molecule has 0 unspecified atom stereocenters. The van der Waals surface area contributed by atoms with E-state index in [1.807, 2.05) is 24.3 Å². The average Bonchev–Trinajstić information content (AvgIpc) is 2.79. The van der Waals surface area contributed by atoms with Gasteiger partial charge in [-0.3, -0.25) is 9.59 Å². The van der Waals surface area contributed by atoms with Gasteiger partial charge in [0.2, 0.25) is 11.8 Å². The van der Waals surface area contributed by atoms with E-state index >= 15 is 0 Å². The van der Waals surface area contributed by atoms with Crippen LogP contribution >= 0.6 is 15.9 Å². The third kappa shape index (κ3) is 3.04. The molecule has 0 aromatic heterocycles. The highest BCUT2D eigenvalue weighted by molar-refractivity contribution is 9.10. The summed E-state index contributed by atoms with van der Waals surface area (Å²) >= 11 is 3.36. The van der Waals surface area contributed by atoms with Crippen molar-refractivity contribution in [3.05, 3.63) is 41.4 Å². The van der Waals surface area contributed by atoms with Gasteiger partial charge in [0.25, 0.3) is 0 Å². The van der Waals surface area contributed by atoms with Crippen LogP contribution in [0.2, 0.25) is 0 Å². The van der Waals surface area contributed by atoms with E-state index in [0.29, 0.717) is 19.5 Å². The second kappa shape index (κ2) is 6.02. The fourth-order valence-corrected chi connectivity index (χ4v) is 2.36. The van der Waals surface area contributed by atoms with Crippen molar-refractivity contribution in [3.63, 3.8) is 0 Å². The van der Waals surface area contributed by atoms with E-state index in [1.165, 1.54) is 0 Å². The molecule has 0 aliphatic carbocycles. The number of nitrogens with one attached hydrogen (secondary N) is 1. The molecule has 100 valence electrons. The van der Waals surface area contributed by atoms with Crippen molar-refractivity contribution in [2.24, 2.45) is 5.92 Å². The van der Waals surface area contributed by atoms with Gasteiger partial charge in [-0.25, -0.2) is 0 Å². The van der Waals surface area contributed by atoms with Crippen molar-refractivity contribution in [1.29, 1.82) is 0 Å². The average molecular weight is 323 g/mol. The first-order valence-corrected chi connectivity index (χ1v) is 6.88. The quantitative estimate of drug-likeness (QED) is 0.681. The lowest BCUT2D eigenvalue weighted by atomic mass is 10.1. The van der Waals surface area contributed by atoms with E-state index in [9.17, 15) is 9.59 Å². The molecular weight excluding hydrogens is 308 g/mol. The molecule has 1 aromatic carbocycles. The molecule has 1 saturated heterocycles. The second-order valence-electron chi connectivity index (χ2n) is 4.34. The minimum atomic E-state index is -0.580. The molecule has 2 amide bonds. The zero-order chi connectivity index (χ0) is 13.8. The molecule has 1 atom stereocenters. The maximum absolute atomic E-state index is 12.2. The molecule has 1 aromatic rings. The van der Waals surface area contributed by atoms with E-state index in [0.717, 1.165) is 10.2 Å². The van der Waals surface area contributed by atoms with Gasteiger partial charge in [-0.05, 0) is 30.7 Å². The van der Waals surface area contributed by atoms with Crippen molar-refractivity contribution >= 4 is 33.4 Å². The van der Waals surface area contributed by atoms with Crippen LogP contribution in [0.4, 0.5) is 5.69 Å². The lowest BCUT2D eigenvalue weighted by Gasteiger charge is -2.16. The second-order valence-corrected chi connectivity index (χ2v) is 5.26. The van der Waals surface area contributed by atoms with Crippen LogP contribution in [0.25, 0.3) is 0 Å². The Hall–Kier alpha value is -1.62. The van der Waals surface area contributed by atoms with Crippen LogP contribution < -0.4 is 10.2 Å². The molecular formula is C14H15BrN2O2. The van der Waals surface area contributed by atoms with Gasteiger partial charge in [0.15, 0.2) is 0 Å². The maximum atomic E-state index is 12.2. The van der Waals surface area contributed by atoms with E-state index in [2.05, 4.69) is 27.8 Å². The molecule has 2 rings (SSSR count). The number of benzene rings is 1. The van der Waals surface area contributed by atoms with Gasteiger partial charge in [0, 0.05) is 23.2 Å². The first-order chi connectivity index (χ1) is 9.13. The summed E-state index contributed by atoms with van der Waals surface area (Å²) in [6.07, 6.45) is 2.15. The Morgan fingerprint density at radius 1 is 1.47 bits per heavy atom. The van der Waals surface area contributed by atoms with Gasteiger partial charge in [-0.15, -0.1) is 6.58 Å². The molecule has 0 saturated carbocycles. The van der Waals surface area contributed by atoms with Crippen molar-refractivity contribution in [2.45, 2.75) is 6.42 Å². The smallest absolute Gasteiger partial charge is 0.239 e. The monoisotopic (exact) mass is 322 g/mol. The summed E-state index contributed by atoms with van der Waals surface area (Å²) in [6, 6.07) is 7.50. The van der Waals surface area contributed by atoms with E-state index in [-0.39, 0.29) is 11.8 Å². The number of halogens is 1. The normalized spacial score (nSPS) is 18.5. The third-order valence-electron chi connectivity index (χ3n) is 3.08. The van der Waals surface area contributed by atoms with Gasteiger partial charge in [-0.1, -0.05) is 22.0 Å². The Kier molecular flexibility index (Phi) is 4.37. The Labute approximate surface area is 120 Å². The molecule has 1 aliphatic heterocycles. The molecule has 19 heavy (non-hydrogen) atoms. The summed E-state index contributed by atoms with van der Waals surface area (Å²) in [6.45, 7) is 4.50. The van der Waals surface area contributed by atoms with Gasteiger partial charge in [0.05, 0.1) is 0 Å². The number of carbonyl (C=O) groups excluding carboxylic acids is 2. The number of hydrogen-bond donors (Lipinski definition) is 1. The number of anilines is 1. The third-order valence-corrected chi connectivity index (χ3v) is 3.61. The number of rotatable bonds is 4. The van der Waals surface area contributed by atoms with Crippen molar-refractivity contribution in [2.75, 3.05) is 18.0 Å². The molecule has 0 spiro atoms. The zero-order valence-corrected chi connectivity index (χ0v) is 12.0. The van der Waals surface area contributed by atoms with Crippen LogP contribution in [-0.2, 0) is 9.59 Å². The van der Waals surface area contributed by atoms with Gasteiger partial charge < -0.3 is 10.2 Å². The van der Waals surface area contributed by atoms with E-state index in [1.54, 1.807) is 11.0 Å². The summed E-state index contributed by atoms with van der Waals surface area (Å²) in [4.78, 5) is 25.7. The SMILES string of the molecule is C=CCNC(=O)[C@H]1CCN(c2ccc(Br)cc2)C1=O. The van der Waals surface area contributed by atoms with Gasteiger partial charge in [-0.2, -0.15) is 0 Å². The predicted molar refractivity (Wildman–Crippen MR) is 77.8 cm³/mol. The molecule has 0 radical (unpaired) electrons. The van der Waals surface area contributed by atoms with Crippen LogP contribution in [0, 0.1) is 5.92 Å². The summed E-state index contributed by atoms with van der Waals surface area (Å²) < 4.78 is 0.961. The number of amides is 2. The lowest BCUT2D eigenvalue weighted by molar-refractivity contribution is -0.131. The molecule has 1 N–H and O–H groups in total. The standard InChI is InChI=1S/C14H15BrN2O2/c1-2-8-16-13(18)12-7-9-17(14(12)19)11-5-3-10(15)4-6-11/h2-6,12H,1,7-9H2,(H,16,18)/t12-/m1/s1. The fraction of sp³-hybridized carbons (Fsp3) is 0.286. The van der Waals surface area contributed by atoms with Gasteiger partial charge in [0.1, 0.15) is 5.92 Å². The maximum Gasteiger partial charge on any atom is 0.239 e. The van der Waals surface area contributed by atoms with Crippen LogP contribution in [0.5, 0.6) is 0 Å². The summed E-state index contributed by atoms with van der Waals surface area (Å²) in [5, 5.41) is 2.67. The summed E-state index contributed by atoms with van der Waals surface area (Å²) in [7, 11) is 0. The van der Waals surface area contributed by atoms with Gasteiger partial charge >= 0.3 is 0 Å². The molecule has 1 aliphatic rings. The van der Waals surface area contributed by atoms with Crippen LogP contribution in [0.1, 0.15) is 6.42 Å². The number of carbonyl (C=O) groups is 2.